The Kier molecular flexibility index (Phi) is 3.62. The standard InChI is InChI=1S/C16H16IN3O/c1-19-13-8-7-10(9-14(13)20(2)16(19)21)15(18)11-5-3-4-6-12(11)17/h3-9,15H,18H2,1-2H3. The summed E-state index contributed by atoms with van der Waals surface area (Å²) in [6.45, 7) is 0. The van der Waals surface area contributed by atoms with E-state index in [2.05, 4.69) is 22.6 Å². The average molecular weight is 393 g/mol. The van der Waals surface area contributed by atoms with E-state index in [1.54, 1.807) is 23.2 Å². The van der Waals surface area contributed by atoms with Crippen molar-refractivity contribution in [3.8, 4) is 0 Å². The topological polar surface area (TPSA) is 53.0 Å². The lowest BCUT2D eigenvalue weighted by atomic mass is 9.99. The van der Waals surface area contributed by atoms with E-state index in [9.17, 15) is 4.79 Å². The first kappa shape index (κ1) is 14.3. The van der Waals surface area contributed by atoms with Gasteiger partial charge in [0.05, 0.1) is 17.1 Å². The number of halogens is 1. The Morgan fingerprint density at radius 1 is 1.05 bits per heavy atom. The summed E-state index contributed by atoms with van der Waals surface area (Å²) >= 11 is 2.30. The molecule has 0 aliphatic heterocycles. The lowest BCUT2D eigenvalue weighted by molar-refractivity contribution is 0.795. The largest absolute Gasteiger partial charge is 0.328 e. The van der Waals surface area contributed by atoms with Crippen LogP contribution in [0, 0.1) is 3.57 Å². The van der Waals surface area contributed by atoms with Crippen LogP contribution in [0.1, 0.15) is 17.2 Å². The average Bonchev–Trinajstić information content (AvgIpc) is 2.71. The predicted octanol–water partition coefficient (Wildman–Crippen LogP) is 2.53. The Morgan fingerprint density at radius 3 is 2.43 bits per heavy atom. The molecule has 108 valence electrons. The van der Waals surface area contributed by atoms with Crippen LogP contribution in [0.25, 0.3) is 11.0 Å². The van der Waals surface area contributed by atoms with Crippen LogP contribution >= 0.6 is 22.6 Å². The molecule has 1 aromatic heterocycles. The maximum atomic E-state index is 12.0. The molecule has 0 spiro atoms. The number of hydrogen-bond acceptors (Lipinski definition) is 2. The van der Waals surface area contributed by atoms with E-state index in [0.717, 1.165) is 25.7 Å². The third-order valence-corrected chi connectivity index (χ3v) is 4.88. The van der Waals surface area contributed by atoms with Gasteiger partial charge < -0.3 is 5.73 Å². The zero-order valence-electron chi connectivity index (χ0n) is 11.9. The predicted molar refractivity (Wildman–Crippen MR) is 93.3 cm³/mol. The fraction of sp³-hybridized carbons (Fsp3) is 0.188. The number of imidazole rings is 1. The van der Waals surface area contributed by atoms with Crippen molar-refractivity contribution in [3.05, 3.63) is 67.6 Å². The van der Waals surface area contributed by atoms with Crippen LogP contribution in [-0.2, 0) is 14.1 Å². The Balaban J connectivity index is 2.16. The molecule has 2 aromatic carbocycles. The Bertz CT molecular complexity index is 879. The van der Waals surface area contributed by atoms with Crippen molar-refractivity contribution < 1.29 is 0 Å². The van der Waals surface area contributed by atoms with Gasteiger partial charge in [-0.05, 0) is 51.9 Å². The van der Waals surface area contributed by atoms with Crippen molar-refractivity contribution in [1.82, 2.24) is 9.13 Å². The summed E-state index contributed by atoms with van der Waals surface area (Å²) in [5.41, 5.74) is 10.3. The number of benzene rings is 2. The molecule has 0 aliphatic carbocycles. The molecule has 2 N–H and O–H groups in total. The van der Waals surface area contributed by atoms with Crippen molar-refractivity contribution in [1.29, 1.82) is 0 Å². The van der Waals surface area contributed by atoms with Crippen LogP contribution < -0.4 is 11.4 Å². The molecule has 3 aromatic rings. The summed E-state index contributed by atoms with van der Waals surface area (Å²) in [5, 5.41) is 0. The SMILES string of the molecule is Cn1c(=O)n(C)c2cc(C(N)c3ccccc3I)ccc21. The van der Waals surface area contributed by atoms with Gasteiger partial charge in [0.25, 0.3) is 0 Å². The molecule has 0 radical (unpaired) electrons. The van der Waals surface area contributed by atoms with Gasteiger partial charge in [-0.15, -0.1) is 0 Å². The van der Waals surface area contributed by atoms with Gasteiger partial charge in [0.1, 0.15) is 0 Å². The number of aryl methyl sites for hydroxylation is 2. The van der Waals surface area contributed by atoms with Crippen molar-refractivity contribution >= 4 is 33.6 Å². The summed E-state index contributed by atoms with van der Waals surface area (Å²) in [6.07, 6.45) is 0. The number of aromatic nitrogens is 2. The lowest BCUT2D eigenvalue weighted by Crippen LogP contribution is -2.19. The van der Waals surface area contributed by atoms with Crippen LogP contribution in [0.4, 0.5) is 0 Å². The molecule has 0 saturated carbocycles. The summed E-state index contributed by atoms with van der Waals surface area (Å²) in [5.74, 6) is 0. The Morgan fingerprint density at radius 2 is 1.71 bits per heavy atom. The third-order valence-electron chi connectivity index (χ3n) is 3.90. The minimum atomic E-state index is -0.196. The fourth-order valence-corrected chi connectivity index (χ4v) is 3.35. The van der Waals surface area contributed by atoms with Gasteiger partial charge in [-0.3, -0.25) is 9.13 Å². The van der Waals surface area contributed by atoms with E-state index in [1.807, 2.05) is 42.5 Å². The first-order valence-electron chi connectivity index (χ1n) is 6.66. The Labute approximate surface area is 136 Å². The maximum absolute atomic E-state index is 12.0. The van der Waals surface area contributed by atoms with E-state index >= 15 is 0 Å². The minimum Gasteiger partial charge on any atom is -0.320 e. The highest BCUT2D eigenvalue weighted by Crippen LogP contribution is 2.26. The summed E-state index contributed by atoms with van der Waals surface area (Å²) < 4.78 is 4.45. The zero-order valence-corrected chi connectivity index (χ0v) is 14.0. The highest BCUT2D eigenvalue weighted by Gasteiger charge is 2.14. The molecule has 21 heavy (non-hydrogen) atoms. The van der Waals surface area contributed by atoms with Gasteiger partial charge in [0.2, 0.25) is 0 Å². The molecule has 0 saturated heterocycles. The molecule has 5 heteroatoms. The number of nitrogens with zero attached hydrogens (tertiary/aromatic N) is 2. The molecular weight excluding hydrogens is 377 g/mol. The number of nitrogens with two attached hydrogens (primary N) is 1. The van der Waals surface area contributed by atoms with E-state index in [4.69, 9.17) is 5.73 Å². The summed E-state index contributed by atoms with van der Waals surface area (Å²) in [7, 11) is 3.57. The molecule has 4 nitrogen and oxygen atoms in total. The second-order valence-electron chi connectivity index (χ2n) is 5.15. The van der Waals surface area contributed by atoms with Crippen LogP contribution in [0.2, 0.25) is 0 Å². The quantitative estimate of drug-likeness (QED) is 0.681. The molecule has 1 atom stereocenters. The monoisotopic (exact) mass is 393 g/mol. The van der Waals surface area contributed by atoms with E-state index in [-0.39, 0.29) is 11.7 Å². The van der Waals surface area contributed by atoms with E-state index < -0.39 is 0 Å². The normalized spacial score (nSPS) is 12.8. The van der Waals surface area contributed by atoms with Gasteiger partial charge in [-0.25, -0.2) is 4.79 Å². The maximum Gasteiger partial charge on any atom is 0.328 e. The first-order valence-corrected chi connectivity index (χ1v) is 7.74. The molecule has 1 heterocycles. The Hall–Kier alpha value is -1.60. The second-order valence-corrected chi connectivity index (χ2v) is 6.31. The first-order chi connectivity index (χ1) is 10.0. The van der Waals surface area contributed by atoms with Gasteiger partial charge >= 0.3 is 5.69 Å². The summed E-state index contributed by atoms with van der Waals surface area (Å²) in [4.78, 5) is 12.0. The summed E-state index contributed by atoms with van der Waals surface area (Å²) in [6, 6.07) is 13.9. The van der Waals surface area contributed by atoms with Crippen molar-refractivity contribution in [2.75, 3.05) is 0 Å². The van der Waals surface area contributed by atoms with Gasteiger partial charge in [0, 0.05) is 17.7 Å². The van der Waals surface area contributed by atoms with E-state index in [1.165, 1.54) is 0 Å². The lowest BCUT2D eigenvalue weighted by Gasteiger charge is -2.14. The van der Waals surface area contributed by atoms with Gasteiger partial charge in [-0.2, -0.15) is 0 Å². The van der Waals surface area contributed by atoms with Crippen LogP contribution in [0.5, 0.6) is 0 Å². The smallest absolute Gasteiger partial charge is 0.320 e. The minimum absolute atomic E-state index is 0.0231. The van der Waals surface area contributed by atoms with Crippen LogP contribution in [0.15, 0.2) is 47.3 Å². The van der Waals surface area contributed by atoms with Gasteiger partial charge in [0.15, 0.2) is 0 Å². The second kappa shape index (κ2) is 5.31. The molecular formula is C16H16IN3O. The van der Waals surface area contributed by atoms with Crippen molar-refractivity contribution in [2.24, 2.45) is 19.8 Å². The van der Waals surface area contributed by atoms with Crippen molar-refractivity contribution in [2.45, 2.75) is 6.04 Å². The third kappa shape index (κ3) is 2.30. The van der Waals surface area contributed by atoms with Crippen LogP contribution in [0.3, 0.4) is 0 Å². The van der Waals surface area contributed by atoms with Crippen LogP contribution in [-0.4, -0.2) is 9.13 Å². The number of hydrogen-bond donors (Lipinski definition) is 1. The molecule has 3 rings (SSSR count). The molecule has 0 fully saturated rings. The van der Waals surface area contributed by atoms with Crippen molar-refractivity contribution in [3.63, 3.8) is 0 Å². The highest BCUT2D eigenvalue weighted by molar-refractivity contribution is 14.1. The number of rotatable bonds is 2. The zero-order chi connectivity index (χ0) is 15.1. The molecule has 1 unspecified atom stereocenters. The highest BCUT2D eigenvalue weighted by atomic mass is 127. The number of fused-ring (bicyclic) bond motifs is 1. The molecule has 0 bridgehead atoms. The van der Waals surface area contributed by atoms with Gasteiger partial charge in [-0.1, -0.05) is 24.3 Å². The molecule has 0 aliphatic rings. The molecule has 0 amide bonds. The fourth-order valence-electron chi connectivity index (χ4n) is 2.62. The van der Waals surface area contributed by atoms with E-state index in [0.29, 0.717) is 0 Å².